The molecule has 0 aromatic heterocycles. The third kappa shape index (κ3) is 176. The molecular formula is H14K8O9Si3. The van der Waals surface area contributed by atoms with Crippen molar-refractivity contribution in [3.8, 4) is 0 Å². The van der Waals surface area contributed by atoms with Crippen molar-refractivity contribution in [1.82, 2.24) is 0 Å². The molecule has 0 unspecified atom stereocenters. The van der Waals surface area contributed by atoms with Crippen LogP contribution >= 0.6 is 0 Å². The van der Waals surface area contributed by atoms with Crippen LogP contribution in [0.2, 0.25) is 0 Å². The zero-order chi connectivity index (χ0) is 10.7. The quantitative estimate of drug-likeness (QED) is 0.159. The summed E-state index contributed by atoms with van der Waals surface area (Å²) in [5, 5.41) is 0. The summed E-state index contributed by atoms with van der Waals surface area (Å²) in [6.45, 7) is 0. The molecule has 9 nitrogen and oxygen atoms in total. The summed E-state index contributed by atoms with van der Waals surface area (Å²) >= 11 is 0. The molecule has 0 spiro atoms. The summed E-state index contributed by atoms with van der Waals surface area (Å²) in [6, 6.07) is 0. The van der Waals surface area contributed by atoms with Gasteiger partial charge in [0.1, 0.15) is 0 Å². The molecular weight excluding hydrogens is 541 g/mol. The molecule has 0 radical (unpaired) electrons. The molecule has 0 aliphatic heterocycles. The van der Waals surface area contributed by atoms with Gasteiger partial charge in [-0.05, 0) is 0 Å². The molecule has 88 valence electrons. The van der Waals surface area contributed by atoms with E-state index in [-0.39, 0.29) is 411 Å². The average molecular weight is 555 g/mol. The van der Waals surface area contributed by atoms with Crippen molar-refractivity contribution in [1.29, 1.82) is 0 Å². The van der Waals surface area contributed by atoms with Crippen molar-refractivity contribution in [2.75, 3.05) is 0 Å². The van der Waals surface area contributed by atoms with Crippen molar-refractivity contribution in [3.05, 3.63) is 0 Å². The molecule has 20 heavy (non-hydrogen) atoms. The summed E-state index contributed by atoms with van der Waals surface area (Å²) in [7, 11) is -9.39. The maximum atomic E-state index is 8.74. The minimum absolute atomic E-state index is 0. The first-order chi connectivity index (χ1) is 5.20. The van der Waals surface area contributed by atoms with Crippen LogP contribution in [0.15, 0.2) is 0 Å². The Kier molecular flexibility index (Phi) is 221. The predicted octanol–water partition coefficient (Wildman–Crippen LogP) is -10.0. The summed E-state index contributed by atoms with van der Waals surface area (Å²) in [5.74, 6) is 0. The van der Waals surface area contributed by atoms with E-state index in [0.29, 0.717) is 0 Å². The molecule has 0 aliphatic carbocycles. The van der Waals surface area contributed by atoms with Crippen LogP contribution in [0, 0.1) is 0 Å². The third-order valence-corrected chi connectivity index (χ3v) is 0. The fourth-order valence-corrected chi connectivity index (χ4v) is 0. The fraction of sp³-hybridized carbons (Fsp3) is 0. The zero-order valence-electron chi connectivity index (χ0n) is 5.41. The summed E-state index contributed by atoms with van der Waals surface area (Å²) < 4.78 is 26.2. The van der Waals surface area contributed by atoms with Gasteiger partial charge < -0.3 is 28.8 Å². The monoisotopic (exact) mass is 554 g/mol. The van der Waals surface area contributed by atoms with Crippen LogP contribution in [0.3, 0.4) is 0 Å². The van der Waals surface area contributed by atoms with Gasteiger partial charge in [0, 0.05) is 0 Å². The van der Waals surface area contributed by atoms with Gasteiger partial charge in [-0.1, -0.05) is 0 Å². The van der Waals surface area contributed by atoms with E-state index in [9.17, 15) is 0 Å². The van der Waals surface area contributed by atoms with E-state index >= 15 is 0 Å². The number of hydrogen-bond acceptors (Lipinski definition) is 3. The Morgan fingerprint density at radius 1 is 0.350 bits per heavy atom. The van der Waals surface area contributed by atoms with Crippen molar-refractivity contribution >= 4 is 439 Å². The van der Waals surface area contributed by atoms with Crippen LogP contribution in [-0.2, 0) is 13.4 Å². The van der Waals surface area contributed by atoms with Gasteiger partial charge in [0.25, 0.3) is 0 Å². The second-order valence-electron chi connectivity index (χ2n) is 0.848. The van der Waals surface area contributed by atoms with Crippen LogP contribution in [0.5, 0.6) is 0 Å². The standard InChI is InChI=1S/8K.3H2O3Si.8H/c;;;;;;;;3*1-4(2)3;;;;;;;;/h;;;;;;;;3*1-2H;;;;;;;;. The van der Waals surface area contributed by atoms with Gasteiger partial charge in [0.05, 0.1) is 0 Å². The Bertz CT molecular complexity index is 127. The predicted molar refractivity (Wildman–Crippen MR) is 89.8 cm³/mol. The van der Waals surface area contributed by atoms with E-state index in [1.165, 1.54) is 0 Å². The minimum atomic E-state index is -3.13. The Morgan fingerprint density at radius 2 is 0.350 bits per heavy atom. The molecule has 0 saturated heterocycles. The summed E-state index contributed by atoms with van der Waals surface area (Å²) in [6.07, 6.45) is 0. The Balaban J connectivity index is -0.00000000562. The van der Waals surface area contributed by atoms with Crippen molar-refractivity contribution in [2.24, 2.45) is 0 Å². The molecule has 0 aromatic carbocycles. The van der Waals surface area contributed by atoms with Gasteiger partial charge in [0.2, 0.25) is 0 Å². The number of hydrogen-bond donors (Lipinski definition) is 6. The second kappa shape index (κ2) is 63.3. The van der Waals surface area contributed by atoms with E-state index in [2.05, 4.69) is 0 Å². The van der Waals surface area contributed by atoms with E-state index < -0.39 is 27.5 Å². The first kappa shape index (κ1) is 69.7. The normalized spacial score (nSPS) is 3.60. The van der Waals surface area contributed by atoms with Crippen LogP contribution in [0.4, 0.5) is 0 Å². The average Bonchev–Trinajstić information content (AvgIpc) is 1.54. The van der Waals surface area contributed by atoms with Gasteiger partial charge in [-0.15, -0.1) is 0 Å². The number of rotatable bonds is 0. The van der Waals surface area contributed by atoms with Crippen LogP contribution < -0.4 is 0 Å². The second-order valence-corrected chi connectivity index (χ2v) is 2.54. The van der Waals surface area contributed by atoms with Gasteiger partial charge in [-0.2, -0.15) is 0 Å². The molecule has 0 amide bonds. The van der Waals surface area contributed by atoms with E-state index in [0.717, 1.165) is 0 Å². The summed E-state index contributed by atoms with van der Waals surface area (Å²) in [5.41, 5.74) is 0. The van der Waals surface area contributed by atoms with Crippen molar-refractivity contribution in [2.45, 2.75) is 0 Å². The molecule has 0 heterocycles. The van der Waals surface area contributed by atoms with Gasteiger partial charge in [-0.25, -0.2) is 0 Å². The fourth-order valence-electron chi connectivity index (χ4n) is 0. The Morgan fingerprint density at radius 3 is 0.350 bits per heavy atom. The zero-order valence-corrected chi connectivity index (χ0v) is 8.41. The maximum absolute atomic E-state index is 8.74. The third-order valence-electron chi connectivity index (χ3n) is 0. The summed E-state index contributed by atoms with van der Waals surface area (Å²) in [4.78, 5) is 42.9. The Hall–Kier alpha value is 11.9. The van der Waals surface area contributed by atoms with Crippen molar-refractivity contribution < 1.29 is 42.2 Å². The van der Waals surface area contributed by atoms with Crippen LogP contribution in [0.1, 0.15) is 0 Å². The molecule has 0 saturated carbocycles. The molecule has 0 bridgehead atoms. The first-order valence-electron chi connectivity index (χ1n) is 1.95. The molecule has 20 heteroatoms. The topological polar surface area (TPSA) is 173 Å². The van der Waals surface area contributed by atoms with E-state index in [1.54, 1.807) is 0 Å². The van der Waals surface area contributed by atoms with E-state index in [4.69, 9.17) is 42.2 Å². The molecule has 0 aromatic rings. The van der Waals surface area contributed by atoms with E-state index in [1.807, 2.05) is 0 Å². The molecule has 0 atom stereocenters. The van der Waals surface area contributed by atoms with Crippen LogP contribution in [-0.4, -0.2) is 467 Å². The van der Waals surface area contributed by atoms with Gasteiger partial charge >= 0.3 is 439 Å². The van der Waals surface area contributed by atoms with Crippen molar-refractivity contribution in [3.63, 3.8) is 0 Å². The molecule has 0 aliphatic rings. The molecule has 0 fully saturated rings. The SMILES string of the molecule is O=[Si](O)O.O=[Si](O)O.O=[Si](O)O.[KH].[KH].[KH].[KH].[KH].[KH].[KH].[KH]. The molecule has 6 N–H and O–H groups in total. The van der Waals surface area contributed by atoms with Gasteiger partial charge in [-0.3, -0.25) is 13.4 Å². The first-order valence-corrected chi connectivity index (χ1v) is 5.86. The Labute approximate surface area is 462 Å². The molecule has 0 rings (SSSR count). The van der Waals surface area contributed by atoms with Gasteiger partial charge in [0.15, 0.2) is 0 Å². The van der Waals surface area contributed by atoms with Crippen LogP contribution in [0.25, 0.3) is 0 Å².